The van der Waals surface area contributed by atoms with Gasteiger partial charge in [-0.15, -0.1) is 0 Å². The molecule has 6 nitrogen and oxygen atoms in total. The van der Waals surface area contributed by atoms with Crippen molar-refractivity contribution >= 4 is 22.6 Å². The molecular formula is C22H18F4N4O2. The monoisotopic (exact) mass is 446 g/mol. The summed E-state index contributed by atoms with van der Waals surface area (Å²) in [5.41, 5.74) is -1.99. The Morgan fingerprint density at radius 1 is 1.12 bits per heavy atom. The van der Waals surface area contributed by atoms with E-state index in [4.69, 9.17) is 0 Å². The number of anilines is 1. The predicted molar refractivity (Wildman–Crippen MR) is 111 cm³/mol. The lowest BCUT2D eigenvalue weighted by Gasteiger charge is -2.35. The van der Waals surface area contributed by atoms with E-state index in [1.165, 1.54) is 18.5 Å². The molecule has 3 aromatic rings. The molecule has 0 aliphatic carbocycles. The standard InChI is InChI=1S/C22H18F4N4O2/c1-2-19(32)29-6-8-30(9-7-29)21-14-10-15(22(24,25)26)13(11-17(14)27-12-28-21)20-16(23)4-3-5-18(20)31/h2-5,10-12,31H,1,6-9H2. The maximum absolute atomic E-state index is 14.4. The molecular weight excluding hydrogens is 428 g/mol. The number of phenolic OH excluding ortho intramolecular Hbond substituents is 1. The number of aromatic nitrogens is 2. The first kappa shape index (κ1) is 21.5. The summed E-state index contributed by atoms with van der Waals surface area (Å²) in [5.74, 6) is -1.51. The van der Waals surface area contributed by atoms with Gasteiger partial charge in [0.25, 0.3) is 0 Å². The van der Waals surface area contributed by atoms with Crippen LogP contribution in [0.2, 0.25) is 0 Å². The Labute approximate surface area is 180 Å². The fourth-order valence-corrected chi connectivity index (χ4v) is 3.83. The summed E-state index contributed by atoms with van der Waals surface area (Å²) in [4.78, 5) is 23.4. The van der Waals surface area contributed by atoms with Crippen molar-refractivity contribution in [3.05, 3.63) is 60.7 Å². The normalized spacial score (nSPS) is 14.6. The summed E-state index contributed by atoms with van der Waals surface area (Å²) in [7, 11) is 0. The van der Waals surface area contributed by atoms with Gasteiger partial charge < -0.3 is 14.9 Å². The Kier molecular flexibility index (Phi) is 5.45. The second kappa shape index (κ2) is 8.10. The third-order valence-corrected chi connectivity index (χ3v) is 5.39. The highest BCUT2D eigenvalue weighted by molar-refractivity contribution is 5.95. The van der Waals surface area contributed by atoms with Crippen molar-refractivity contribution in [2.75, 3.05) is 31.1 Å². The molecule has 1 fully saturated rings. The van der Waals surface area contributed by atoms with Gasteiger partial charge in [0.1, 0.15) is 23.7 Å². The molecule has 1 amide bonds. The number of hydrogen-bond donors (Lipinski definition) is 1. The number of carbonyl (C=O) groups excluding carboxylic acids is 1. The second-order valence-electron chi connectivity index (χ2n) is 7.26. The Morgan fingerprint density at radius 3 is 2.47 bits per heavy atom. The van der Waals surface area contributed by atoms with Crippen molar-refractivity contribution in [2.45, 2.75) is 6.18 Å². The molecule has 1 N–H and O–H groups in total. The molecule has 10 heteroatoms. The van der Waals surface area contributed by atoms with E-state index >= 15 is 0 Å². The van der Waals surface area contributed by atoms with Crippen LogP contribution < -0.4 is 4.90 Å². The molecule has 32 heavy (non-hydrogen) atoms. The zero-order valence-corrected chi connectivity index (χ0v) is 16.7. The smallest absolute Gasteiger partial charge is 0.417 e. The molecule has 1 aliphatic rings. The van der Waals surface area contributed by atoms with Crippen LogP contribution in [0.4, 0.5) is 23.4 Å². The Morgan fingerprint density at radius 2 is 1.84 bits per heavy atom. The predicted octanol–water partition coefficient (Wildman–Crippen LogP) is 3.99. The van der Waals surface area contributed by atoms with E-state index in [-0.39, 0.29) is 22.6 Å². The third kappa shape index (κ3) is 3.83. The number of amides is 1. The van der Waals surface area contributed by atoms with Crippen molar-refractivity contribution in [3.63, 3.8) is 0 Å². The van der Waals surface area contributed by atoms with Crippen LogP contribution in [0, 0.1) is 5.82 Å². The summed E-state index contributed by atoms with van der Waals surface area (Å²) in [5, 5.41) is 10.2. The minimum Gasteiger partial charge on any atom is -0.507 e. The van der Waals surface area contributed by atoms with Crippen molar-refractivity contribution in [2.24, 2.45) is 0 Å². The van der Waals surface area contributed by atoms with E-state index in [0.717, 1.165) is 24.3 Å². The van der Waals surface area contributed by atoms with Crippen LogP contribution in [0.25, 0.3) is 22.0 Å². The minimum atomic E-state index is -4.82. The average molecular weight is 446 g/mol. The van der Waals surface area contributed by atoms with Gasteiger partial charge in [0.2, 0.25) is 5.91 Å². The van der Waals surface area contributed by atoms with E-state index in [2.05, 4.69) is 16.5 Å². The molecule has 0 atom stereocenters. The lowest BCUT2D eigenvalue weighted by molar-refractivity contribution is -0.137. The number of carbonyl (C=O) groups is 1. The first-order valence-corrected chi connectivity index (χ1v) is 9.71. The number of aromatic hydroxyl groups is 1. The van der Waals surface area contributed by atoms with Crippen molar-refractivity contribution < 1.29 is 27.5 Å². The summed E-state index contributed by atoms with van der Waals surface area (Å²) >= 11 is 0. The molecule has 0 radical (unpaired) electrons. The van der Waals surface area contributed by atoms with Crippen molar-refractivity contribution in [3.8, 4) is 16.9 Å². The number of alkyl halides is 3. The zero-order valence-electron chi connectivity index (χ0n) is 16.7. The molecule has 2 heterocycles. The van der Waals surface area contributed by atoms with Gasteiger partial charge >= 0.3 is 6.18 Å². The van der Waals surface area contributed by atoms with E-state index in [1.54, 1.807) is 9.80 Å². The zero-order chi connectivity index (χ0) is 23.0. The summed E-state index contributed by atoms with van der Waals surface area (Å²) in [6.07, 6.45) is -2.39. The summed E-state index contributed by atoms with van der Waals surface area (Å²) in [6, 6.07) is 5.30. The number of hydrogen-bond acceptors (Lipinski definition) is 5. The van der Waals surface area contributed by atoms with Crippen LogP contribution in [0.15, 0.2) is 49.3 Å². The number of phenols is 1. The van der Waals surface area contributed by atoms with Crippen molar-refractivity contribution in [1.82, 2.24) is 14.9 Å². The Balaban J connectivity index is 1.84. The van der Waals surface area contributed by atoms with E-state index in [1.807, 2.05) is 0 Å². The van der Waals surface area contributed by atoms with Crippen LogP contribution in [-0.4, -0.2) is 52.1 Å². The van der Waals surface area contributed by atoms with Crippen LogP contribution in [0.1, 0.15) is 5.56 Å². The number of benzene rings is 2. The van der Waals surface area contributed by atoms with Crippen molar-refractivity contribution in [1.29, 1.82) is 0 Å². The quantitative estimate of drug-likeness (QED) is 0.487. The van der Waals surface area contributed by atoms with Gasteiger partial charge in [0, 0.05) is 37.1 Å². The summed E-state index contributed by atoms with van der Waals surface area (Å²) in [6.45, 7) is 4.91. The molecule has 1 aromatic heterocycles. The molecule has 1 aliphatic heterocycles. The molecule has 0 saturated carbocycles. The SMILES string of the molecule is C=CC(=O)N1CCN(c2ncnc3cc(-c4c(O)cccc4F)c(C(F)(F)F)cc23)CC1. The first-order valence-electron chi connectivity index (χ1n) is 9.71. The molecule has 1 saturated heterocycles. The van der Waals surface area contributed by atoms with Gasteiger partial charge in [-0.3, -0.25) is 4.79 Å². The van der Waals surface area contributed by atoms with E-state index in [9.17, 15) is 27.5 Å². The van der Waals surface area contributed by atoms with Gasteiger partial charge in [-0.05, 0) is 30.3 Å². The fourth-order valence-electron chi connectivity index (χ4n) is 3.83. The van der Waals surface area contributed by atoms with E-state index in [0.29, 0.717) is 26.2 Å². The molecule has 2 aromatic carbocycles. The van der Waals surface area contributed by atoms with Gasteiger partial charge in [0.05, 0.1) is 16.6 Å². The number of fused-ring (bicyclic) bond motifs is 1. The highest BCUT2D eigenvalue weighted by Gasteiger charge is 2.36. The van der Waals surface area contributed by atoms with E-state index < -0.39 is 34.4 Å². The highest BCUT2D eigenvalue weighted by atomic mass is 19.4. The molecule has 0 spiro atoms. The number of piperazine rings is 1. The van der Waals surface area contributed by atoms with Crippen LogP contribution >= 0.6 is 0 Å². The van der Waals surface area contributed by atoms with Crippen LogP contribution in [0.3, 0.4) is 0 Å². The second-order valence-corrected chi connectivity index (χ2v) is 7.26. The third-order valence-electron chi connectivity index (χ3n) is 5.39. The number of halogens is 4. The topological polar surface area (TPSA) is 69.6 Å². The maximum Gasteiger partial charge on any atom is 0.417 e. The Bertz CT molecular complexity index is 1180. The van der Waals surface area contributed by atoms with Gasteiger partial charge in [-0.1, -0.05) is 12.6 Å². The maximum atomic E-state index is 14.4. The fraction of sp³-hybridized carbons (Fsp3) is 0.227. The molecule has 0 bridgehead atoms. The van der Waals surface area contributed by atoms with Gasteiger partial charge in [-0.2, -0.15) is 13.2 Å². The lowest BCUT2D eigenvalue weighted by atomic mass is 9.95. The van der Waals surface area contributed by atoms with Gasteiger partial charge in [-0.25, -0.2) is 14.4 Å². The Hall–Kier alpha value is -3.69. The number of rotatable bonds is 3. The molecule has 166 valence electrons. The highest BCUT2D eigenvalue weighted by Crippen LogP contribution is 2.43. The summed E-state index contributed by atoms with van der Waals surface area (Å²) < 4.78 is 56.3. The average Bonchev–Trinajstić information content (AvgIpc) is 2.77. The molecule has 0 unspecified atom stereocenters. The molecule has 4 rings (SSSR count). The van der Waals surface area contributed by atoms with Gasteiger partial charge in [0.15, 0.2) is 0 Å². The lowest BCUT2D eigenvalue weighted by Crippen LogP contribution is -2.48. The van der Waals surface area contributed by atoms with Crippen LogP contribution in [0.5, 0.6) is 5.75 Å². The minimum absolute atomic E-state index is 0.142. The van der Waals surface area contributed by atoms with Crippen LogP contribution in [-0.2, 0) is 11.0 Å². The number of nitrogens with zero attached hydrogens (tertiary/aromatic N) is 4. The first-order chi connectivity index (χ1) is 15.2. The largest absolute Gasteiger partial charge is 0.507 e.